The molecule has 6 nitrogen and oxygen atoms in total. The first kappa shape index (κ1) is 19.7. The van der Waals surface area contributed by atoms with Crippen LogP contribution >= 0.6 is 0 Å². The van der Waals surface area contributed by atoms with Crippen LogP contribution in [-0.2, 0) is 6.18 Å². The van der Waals surface area contributed by atoms with Crippen LogP contribution < -0.4 is 0 Å². The predicted octanol–water partition coefficient (Wildman–Crippen LogP) is 4.46. The van der Waals surface area contributed by atoms with Crippen molar-refractivity contribution >= 4 is 5.91 Å². The van der Waals surface area contributed by atoms with Gasteiger partial charge in [-0.3, -0.25) is 4.79 Å². The average Bonchev–Trinajstić information content (AvgIpc) is 3.27. The van der Waals surface area contributed by atoms with Gasteiger partial charge in [0, 0.05) is 30.8 Å². The fourth-order valence-electron chi connectivity index (χ4n) is 4.08. The highest BCUT2D eigenvalue weighted by Crippen LogP contribution is 2.43. The van der Waals surface area contributed by atoms with Crippen LogP contribution in [-0.4, -0.2) is 43.6 Å². The van der Waals surface area contributed by atoms with Gasteiger partial charge >= 0.3 is 6.18 Å². The summed E-state index contributed by atoms with van der Waals surface area (Å²) in [6, 6.07) is 6.77. The number of halogens is 3. The smallest absolute Gasteiger partial charge is 0.339 e. The summed E-state index contributed by atoms with van der Waals surface area (Å²) >= 11 is 0. The van der Waals surface area contributed by atoms with Crippen molar-refractivity contribution in [3.63, 3.8) is 0 Å². The largest absolute Gasteiger partial charge is 0.417 e. The molecule has 0 atom stereocenters. The number of carbonyl (C=O) groups is 1. The van der Waals surface area contributed by atoms with E-state index in [4.69, 9.17) is 0 Å². The van der Waals surface area contributed by atoms with Crippen molar-refractivity contribution in [1.29, 1.82) is 0 Å². The standard InChI is InChI=1S/C22H20F3N5O/c23-22(24,25)17-6-2-1-5-15(17)18-9-10-26-21(28-18)30-19(14-7-8-14)16(13-27-30)20(31)29-11-3-4-12-29/h1-2,5-6,9-10,13-14H,3-4,7-8,11-12H2. The van der Waals surface area contributed by atoms with Crippen LogP contribution in [0.25, 0.3) is 17.2 Å². The first-order valence-corrected chi connectivity index (χ1v) is 10.3. The van der Waals surface area contributed by atoms with E-state index in [1.54, 1.807) is 6.07 Å². The van der Waals surface area contributed by atoms with Crippen LogP contribution in [0.2, 0.25) is 0 Å². The van der Waals surface area contributed by atoms with Gasteiger partial charge in [0.2, 0.25) is 0 Å². The number of hydrogen-bond acceptors (Lipinski definition) is 4. The lowest BCUT2D eigenvalue weighted by Gasteiger charge is -2.16. The fourth-order valence-corrected chi connectivity index (χ4v) is 4.08. The molecule has 0 unspecified atom stereocenters. The maximum absolute atomic E-state index is 13.5. The Bertz CT molecular complexity index is 1130. The average molecular weight is 427 g/mol. The summed E-state index contributed by atoms with van der Waals surface area (Å²) in [5.41, 5.74) is 0.661. The topological polar surface area (TPSA) is 63.9 Å². The van der Waals surface area contributed by atoms with Gasteiger partial charge in [0.15, 0.2) is 0 Å². The van der Waals surface area contributed by atoms with Crippen molar-refractivity contribution in [2.24, 2.45) is 0 Å². The fraction of sp³-hybridized carbons (Fsp3) is 0.364. The van der Waals surface area contributed by atoms with Gasteiger partial charge < -0.3 is 4.90 Å². The number of rotatable bonds is 4. The second-order valence-electron chi connectivity index (χ2n) is 7.91. The molecule has 0 bridgehead atoms. The molecule has 1 aliphatic heterocycles. The zero-order chi connectivity index (χ0) is 21.6. The van der Waals surface area contributed by atoms with E-state index < -0.39 is 11.7 Å². The van der Waals surface area contributed by atoms with Gasteiger partial charge in [-0.25, -0.2) is 14.6 Å². The summed E-state index contributed by atoms with van der Waals surface area (Å²) in [7, 11) is 0. The molecular weight excluding hydrogens is 407 g/mol. The van der Waals surface area contributed by atoms with Crippen LogP contribution in [0.3, 0.4) is 0 Å². The summed E-state index contributed by atoms with van der Waals surface area (Å²) < 4.78 is 41.9. The molecule has 31 heavy (non-hydrogen) atoms. The molecular formula is C22H20F3N5O. The summed E-state index contributed by atoms with van der Waals surface area (Å²) in [4.78, 5) is 23.5. The molecule has 0 N–H and O–H groups in total. The minimum absolute atomic E-state index is 0.0212. The third kappa shape index (κ3) is 3.68. The van der Waals surface area contributed by atoms with Crippen molar-refractivity contribution in [3.05, 3.63) is 59.5 Å². The zero-order valence-electron chi connectivity index (χ0n) is 16.6. The van der Waals surface area contributed by atoms with E-state index in [-0.39, 0.29) is 29.0 Å². The molecule has 9 heteroatoms. The Morgan fingerprint density at radius 2 is 1.81 bits per heavy atom. The Balaban J connectivity index is 1.57. The molecule has 0 spiro atoms. The summed E-state index contributed by atoms with van der Waals surface area (Å²) in [6.45, 7) is 1.46. The second-order valence-corrected chi connectivity index (χ2v) is 7.91. The molecule has 1 aliphatic carbocycles. The number of nitrogens with zero attached hydrogens (tertiary/aromatic N) is 5. The highest BCUT2D eigenvalue weighted by Gasteiger charge is 2.36. The number of benzene rings is 1. The monoisotopic (exact) mass is 427 g/mol. The Morgan fingerprint density at radius 3 is 2.52 bits per heavy atom. The van der Waals surface area contributed by atoms with E-state index in [0.717, 1.165) is 50.5 Å². The normalized spacial score (nSPS) is 16.7. The minimum atomic E-state index is -4.50. The van der Waals surface area contributed by atoms with Crippen molar-refractivity contribution in [3.8, 4) is 17.2 Å². The molecule has 2 aromatic heterocycles. The first-order valence-electron chi connectivity index (χ1n) is 10.3. The Hall–Kier alpha value is -3.23. The van der Waals surface area contributed by atoms with Crippen LogP contribution in [0, 0.1) is 0 Å². The van der Waals surface area contributed by atoms with Gasteiger partial charge in [-0.05, 0) is 37.8 Å². The highest BCUT2D eigenvalue weighted by molar-refractivity contribution is 5.95. The lowest BCUT2D eigenvalue weighted by Crippen LogP contribution is -2.28. The molecule has 1 saturated carbocycles. The Morgan fingerprint density at radius 1 is 1.06 bits per heavy atom. The molecule has 3 heterocycles. The van der Waals surface area contributed by atoms with Gasteiger partial charge in [0.1, 0.15) is 0 Å². The predicted molar refractivity (Wildman–Crippen MR) is 107 cm³/mol. The van der Waals surface area contributed by atoms with Crippen molar-refractivity contribution in [2.75, 3.05) is 13.1 Å². The summed E-state index contributed by atoms with van der Waals surface area (Å²) in [5, 5.41) is 4.37. The molecule has 160 valence electrons. The maximum Gasteiger partial charge on any atom is 0.417 e. The number of carbonyl (C=O) groups excluding carboxylic acids is 1. The number of alkyl halides is 3. The Kier molecular flexibility index (Phi) is 4.75. The number of likely N-dealkylation sites (tertiary alicyclic amines) is 1. The van der Waals surface area contributed by atoms with Crippen LogP contribution in [0.4, 0.5) is 13.2 Å². The van der Waals surface area contributed by atoms with E-state index in [1.165, 1.54) is 35.3 Å². The van der Waals surface area contributed by atoms with Gasteiger partial charge in [0.05, 0.1) is 28.7 Å². The van der Waals surface area contributed by atoms with Crippen molar-refractivity contribution in [2.45, 2.75) is 37.8 Å². The first-order chi connectivity index (χ1) is 14.9. The molecule has 2 aliphatic rings. The highest BCUT2D eigenvalue weighted by atomic mass is 19.4. The molecule has 2 fully saturated rings. The van der Waals surface area contributed by atoms with Crippen LogP contribution in [0.1, 0.15) is 53.2 Å². The van der Waals surface area contributed by atoms with E-state index in [0.29, 0.717) is 5.56 Å². The lowest BCUT2D eigenvalue weighted by atomic mass is 10.0. The van der Waals surface area contributed by atoms with Crippen LogP contribution in [0.15, 0.2) is 42.7 Å². The van der Waals surface area contributed by atoms with E-state index >= 15 is 0 Å². The summed E-state index contributed by atoms with van der Waals surface area (Å²) in [5.74, 6) is 0.292. The SMILES string of the molecule is O=C(c1cnn(-c2nccc(-c3ccccc3C(F)(F)F)n2)c1C1CC1)N1CCCC1. The quantitative estimate of drug-likeness (QED) is 0.617. The third-order valence-electron chi connectivity index (χ3n) is 5.73. The molecule has 1 saturated heterocycles. The maximum atomic E-state index is 13.5. The summed E-state index contributed by atoms with van der Waals surface area (Å²) in [6.07, 6.45) is 2.30. The van der Waals surface area contributed by atoms with E-state index in [1.807, 2.05) is 4.90 Å². The number of hydrogen-bond donors (Lipinski definition) is 0. The van der Waals surface area contributed by atoms with Gasteiger partial charge in [-0.2, -0.15) is 18.3 Å². The molecule has 1 aromatic carbocycles. The third-order valence-corrected chi connectivity index (χ3v) is 5.73. The number of aromatic nitrogens is 4. The van der Waals surface area contributed by atoms with E-state index in [9.17, 15) is 18.0 Å². The molecule has 5 rings (SSSR count). The minimum Gasteiger partial charge on any atom is -0.339 e. The van der Waals surface area contributed by atoms with Crippen LogP contribution in [0.5, 0.6) is 0 Å². The van der Waals surface area contributed by atoms with E-state index in [2.05, 4.69) is 15.1 Å². The number of amides is 1. The van der Waals surface area contributed by atoms with Crippen molar-refractivity contribution in [1.82, 2.24) is 24.6 Å². The Labute approximate surface area is 176 Å². The van der Waals surface area contributed by atoms with Gasteiger partial charge in [-0.15, -0.1) is 0 Å². The molecule has 3 aromatic rings. The van der Waals surface area contributed by atoms with Gasteiger partial charge in [0.25, 0.3) is 11.9 Å². The molecule has 0 radical (unpaired) electrons. The van der Waals surface area contributed by atoms with Crippen molar-refractivity contribution < 1.29 is 18.0 Å². The molecule has 1 amide bonds. The van der Waals surface area contributed by atoms with Gasteiger partial charge in [-0.1, -0.05) is 18.2 Å². The lowest BCUT2D eigenvalue weighted by molar-refractivity contribution is -0.137. The zero-order valence-corrected chi connectivity index (χ0v) is 16.6. The second kappa shape index (κ2) is 7.47.